The zero-order chi connectivity index (χ0) is 6.69. The second kappa shape index (κ2) is 2.69. The first-order valence-corrected chi connectivity index (χ1v) is 3.01. The highest BCUT2D eigenvalue weighted by Crippen LogP contribution is 2.10. The Bertz CT molecular complexity index is 149. The molecule has 0 aromatic heterocycles. The van der Waals surface area contributed by atoms with E-state index >= 15 is 0 Å². The largest absolute Gasteiger partial charge is 0.499 e. The van der Waals surface area contributed by atoms with Gasteiger partial charge >= 0.3 is 0 Å². The van der Waals surface area contributed by atoms with Crippen LogP contribution in [-0.2, 0) is 4.74 Å². The average molecular weight is 125 g/mol. The summed E-state index contributed by atoms with van der Waals surface area (Å²) >= 11 is 0. The van der Waals surface area contributed by atoms with Gasteiger partial charge in [0.2, 0.25) is 0 Å². The fourth-order valence-corrected chi connectivity index (χ4v) is 0.847. The molecule has 1 atom stereocenters. The molecule has 2 N–H and O–H groups in total. The van der Waals surface area contributed by atoms with Crippen LogP contribution in [0, 0.1) is 0 Å². The smallest absolute Gasteiger partial charge is 0.113 e. The summed E-state index contributed by atoms with van der Waals surface area (Å²) in [5.41, 5.74) is 5.64. The SMILES string of the molecule is COC1=CC=CCC1N. The maximum absolute atomic E-state index is 5.64. The summed E-state index contributed by atoms with van der Waals surface area (Å²) in [6, 6.07) is 0.0694. The molecule has 0 heterocycles. The highest BCUT2D eigenvalue weighted by atomic mass is 16.5. The van der Waals surface area contributed by atoms with E-state index in [2.05, 4.69) is 0 Å². The van der Waals surface area contributed by atoms with Crippen LogP contribution in [0.3, 0.4) is 0 Å². The lowest BCUT2D eigenvalue weighted by Gasteiger charge is -2.14. The molecule has 0 saturated heterocycles. The summed E-state index contributed by atoms with van der Waals surface area (Å²) in [6.45, 7) is 0. The monoisotopic (exact) mass is 125 g/mol. The minimum atomic E-state index is 0.0694. The van der Waals surface area contributed by atoms with Crippen molar-refractivity contribution in [2.45, 2.75) is 12.5 Å². The maximum atomic E-state index is 5.64. The highest BCUT2D eigenvalue weighted by molar-refractivity contribution is 5.18. The topological polar surface area (TPSA) is 35.2 Å². The molecular formula is C7H11NO. The highest BCUT2D eigenvalue weighted by Gasteiger charge is 2.08. The summed E-state index contributed by atoms with van der Waals surface area (Å²) in [4.78, 5) is 0. The Labute approximate surface area is 55.0 Å². The molecule has 0 bridgehead atoms. The lowest BCUT2D eigenvalue weighted by molar-refractivity contribution is 0.263. The number of ether oxygens (including phenoxy) is 1. The van der Waals surface area contributed by atoms with Gasteiger partial charge in [0.25, 0.3) is 0 Å². The molecule has 2 nitrogen and oxygen atoms in total. The van der Waals surface area contributed by atoms with E-state index in [-0.39, 0.29) is 6.04 Å². The molecule has 9 heavy (non-hydrogen) atoms. The van der Waals surface area contributed by atoms with Crippen molar-refractivity contribution in [3.05, 3.63) is 24.0 Å². The Morgan fingerprint density at radius 3 is 3.00 bits per heavy atom. The Morgan fingerprint density at radius 2 is 2.56 bits per heavy atom. The van der Waals surface area contributed by atoms with Crippen molar-refractivity contribution in [3.8, 4) is 0 Å². The molecule has 0 radical (unpaired) electrons. The van der Waals surface area contributed by atoms with E-state index in [9.17, 15) is 0 Å². The van der Waals surface area contributed by atoms with Gasteiger partial charge in [-0.15, -0.1) is 0 Å². The molecular weight excluding hydrogens is 114 g/mol. The molecule has 0 fully saturated rings. The fourth-order valence-electron chi connectivity index (χ4n) is 0.847. The van der Waals surface area contributed by atoms with E-state index in [0.717, 1.165) is 12.2 Å². The van der Waals surface area contributed by atoms with Crippen LogP contribution in [0.2, 0.25) is 0 Å². The summed E-state index contributed by atoms with van der Waals surface area (Å²) in [5.74, 6) is 0.873. The van der Waals surface area contributed by atoms with Crippen LogP contribution in [0.1, 0.15) is 6.42 Å². The first kappa shape index (κ1) is 6.36. The van der Waals surface area contributed by atoms with Crippen molar-refractivity contribution in [1.29, 1.82) is 0 Å². The normalized spacial score (nSPS) is 25.6. The zero-order valence-corrected chi connectivity index (χ0v) is 5.50. The molecule has 1 aliphatic carbocycles. The molecule has 1 unspecified atom stereocenters. The van der Waals surface area contributed by atoms with Gasteiger partial charge in [-0.25, -0.2) is 0 Å². The van der Waals surface area contributed by atoms with Crippen molar-refractivity contribution in [2.24, 2.45) is 5.73 Å². The van der Waals surface area contributed by atoms with Gasteiger partial charge in [0, 0.05) is 0 Å². The molecule has 1 aliphatic rings. The summed E-state index contributed by atoms with van der Waals surface area (Å²) < 4.78 is 4.99. The number of rotatable bonds is 1. The van der Waals surface area contributed by atoms with Crippen molar-refractivity contribution in [2.75, 3.05) is 7.11 Å². The standard InChI is InChI=1S/C7H11NO/c1-9-7-5-3-2-4-6(7)8/h2-3,5-6H,4,8H2,1H3. The molecule has 0 amide bonds. The van der Waals surface area contributed by atoms with E-state index in [1.807, 2.05) is 18.2 Å². The molecule has 0 aromatic carbocycles. The summed E-state index contributed by atoms with van der Waals surface area (Å²) in [5, 5.41) is 0. The lowest BCUT2D eigenvalue weighted by Crippen LogP contribution is -2.23. The van der Waals surface area contributed by atoms with Crippen molar-refractivity contribution >= 4 is 0 Å². The van der Waals surface area contributed by atoms with E-state index < -0.39 is 0 Å². The van der Waals surface area contributed by atoms with Gasteiger partial charge < -0.3 is 10.5 Å². The Balaban J connectivity index is 2.63. The van der Waals surface area contributed by atoms with Gasteiger partial charge in [-0.05, 0) is 12.5 Å². The third-order valence-electron chi connectivity index (χ3n) is 1.39. The van der Waals surface area contributed by atoms with Crippen LogP contribution >= 0.6 is 0 Å². The predicted molar refractivity (Wildman–Crippen MR) is 36.8 cm³/mol. The minimum Gasteiger partial charge on any atom is -0.499 e. The van der Waals surface area contributed by atoms with Gasteiger partial charge in [0.1, 0.15) is 5.76 Å². The van der Waals surface area contributed by atoms with Crippen molar-refractivity contribution < 1.29 is 4.74 Å². The third-order valence-corrected chi connectivity index (χ3v) is 1.39. The van der Waals surface area contributed by atoms with E-state index in [4.69, 9.17) is 10.5 Å². The van der Waals surface area contributed by atoms with Gasteiger partial charge in [-0.3, -0.25) is 0 Å². The fraction of sp³-hybridized carbons (Fsp3) is 0.429. The van der Waals surface area contributed by atoms with E-state index in [1.165, 1.54) is 0 Å². The molecule has 0 saturated carbocycles. The molecule has 2 heteroatoms. The first-order chi connectivity index (χ1) is 4.34. The molecule has 0 spiro atoms. The van der Waals surface area contributed by atoms with Crippen molar-refractivity contribution in [3.63, 3.8) is 0 Å². The second-order valence-corrected chi connectivity index (χ2v) is 2.04. The lowest BCUT2D eigenvalue weighted by atomic mass is 10.1. The summed E-state index contributed by atoms with van der Waals surface area (Å²) in [6.07, 6.45) is 6.78. The number of nitrogens with two attached hydrogens (primary N) is 1. The van der Waals surface area contributed by atoms with Crippen molar-refractivity contribution in [1.82, 2.24) is 0 Å². The molecule has 50 valence electrons. The summed E-state index contributed by atoms with van der Waals surface area (Å²) in [7, 11) is 1.64. The number of methoxy groups -OCH3 is 1. The number of hydrogen-bond acceptors (Lipinski definition) is 2. The quantitative estimate of drug-likeness (QED) is 0.562. The van der Waals surface area contributed by atoms with Crippen LogP contribution in [0.25, 0.3) is 0 Å². The van der Waals surface area contributed by atoms with Crippen LogP contribution in [0.15, 0.2) is 24.0 Å². The van der Waals surface area contributed by atoms with Crippen LogP contribution in [0.4, 0.5) is 0 Å². The maximum Gasteiger partial charge on any atom is 0.113 e. The predicted octanol–water partition coefficient (Wildman–Crippen LogP) is 0.804. The zero-order valence-electron chi connectivity index (χ0n) is 5.50. The Hall–Kier alpha value is -0.760. The molecule has 0 aliphatic heterocycles. The molecule has 1 rings (SSSR count). The van der Waals surface area contributed by atoms with Crippen LogP contribution in [-0.4, -0.2) is 13.2 Å². The average Bonchev–Trinajstić information content (AvgIpc) is 1.89. The second-order valence-electron chi connectivity index (χ2n) is 2.04. The Morgan fingerprint density at radius 1 is 1.78 bits per heavy atom. The first-order valence-electron chi connectivity index (χ1n) is 3.01. The van der Waals surface area contributed by atoms with Crippen LogP contribution in [0.5, 0.6) is 0 Å². The minimum absolute atomic E-state index is 0.0694. The van der Waals surface area contributed by atoms with Gasteiger partial charge in [-0.1, -0.05) is 12.2 Å². The molecule has 0 aromatic rings. The number of allylic oxidation sites excluding steroid dienone is 2. The van der Waals surface area contributed by atoms with E-state index in [1.54, 1.807) is 7.11 Å². The van der Waals surface area contributed by atoms with Gasteiger partial charge in [0.15, 0.2) is 0 Å². The third kappa shape index (κ3) is 1.33. The van der Waals surface area contributed by atoms with E-state index in [0.29, 0.717) is 0 Å². The Kier molecular flexibility index (Phi) is 1.90. The number of hydrogen-bond donors (Lipinski definition) is 1. The van der Waals surface area contributed by atoms with Gasteiger partial charge in [0.05, 0.1) is 13.2 Å². The van der Waals surface area contributed by atoms with Crippen LogP contribution < -0.4 is 5.73 Å². The van der Waals surface area contributed by atoms with Gasteiger partial charge in [-0.2, -0.15) is 0 Å².